The first kappa shape index (κ1) is 19.7. The van der Waals surface area contributed by atoms with Gasteiger partial charge < -0.3 is 15.0 Å². The standard InChI is InChI=1S/C20H19F3N2O3/c21-20(22,23)28-17-8-6-16(7-9-17)24-19(27)15-12-18(26)25(13-15)11-10-14-4-2-1-3-5-14/h1-9,15H,10-13H2,(H,24,27)/t15-/m0/s1. The van der Waals surface area contributed by atoms with E-state index in [0.29, 0.717) is 25.2 Å². The van der Waals surface area contributed by atoms with Gasteiger partial charge in [0.1, 0.15) is 5.75 Å². The summed E-state index contributed by atoms with van der Waals surface area (Å²) in [7, 11) is 0. The number of hydrogen-bond donors (Lipinski definition) is 1. The van der Waals surface area contributed by atoms with Crippen LogP contribution in [-0.2, 0) is 16.0 Å². The Bertz CT molecular complexity index is 823. The van der Waals surface area contributed by atoms with Gasteiger partial charge in [0.25, 0.3) is 0 Å². The Kier molecular flexibility index (Phi) is 5.87. The fourth-order valence-corrected chi connectivity index (χ4v) is 3.06. The van der Waals surface area contributed by atoms with Crippen molar-refractivity contribution in [3.8, 4) is 5.75 Å². The average molecular weight is 392 g/mol. The lowest BCUT2D eigenvalue weighted by Crippen LogP contribution is -2.30. The van der Waals surface area contributed by atoms with Crippen LogP contribution in [0.1, 0.15) is 12.0 Å². The van der Waals surface area contributed by atoms with Crippen LogP contribution in [0, 0.1) is 5.92 Å². The van der Waals surface area contributed by atoms with Crippen LogP contribution in [0.2, 0.25) is 0 Å². The molecule has 148 valence electrons. The molecule has 0 unspecified atom stereocenters. The zero-order chi connectivity index (χ0) is 20.1. The van der Waals surface area contributed by atoms with Crippen molar-refractivity contribution in [1.82, 2.24) is 4.90 Å². The van der Waals surface area contributed by atoms with Crippen LogP contribution in [0.5, 0.6) is 5.75 Å². The lowest BCUT2D eigenvalue weighted by molar-refractivity contribution is -0.274. The minimum Gasteiger partial charge on any atom is -0.406 e. The topological polar surface area (TPSA) is 58.6 Å². The van der Waals surface area contributed by atoms with Gasteiger partial charge in [-0.15, -0.1) is 13.2 Å². The molecule has 1 N–H and O–H groups in total. The largest absolute Gasteiger partial charge is 0.573 e. The molecule has 1 aliphatic heterocycles. The van der Waals surface area contributed by atoms with Gasteiger partial charge in [0.15, 0.2) is 0 Å². The molecule has 0 bridgehead atoms. The molecule has 0 aromatic heterocycles. The first-order chi connectivity index (χ1) is 13.3. The maximum atomic E-state index is 12.4. The number of halogens is 3. The van der Waals surface area contributed by atoms with Crippen molar-refractivity contribution in [2.24, 2.45) is 5.92 Å². The van der Waals surface area contributed by atoms with Crippen LogP contribution in [0.25, 0.3) is 0 Å². The van der Waals surface area contributed by atoms with Crippen LogP contribution >= 0.6 is 0 Å². The lowest BCUT2D eigenvalue weighted by Gasteiger charge is -2.16. The maximum absolute atomic E-state index is 12.4. The van der Waals surface area contributed by atoms with E-state index in [2.05, 4.69) is 10.1 Å². The second-order valence-corrected chi connectivity index (χ2v) is 6.54. The van der Waals surface area contributed by atoms with E-state index in [0.717, 1.165) is 17.7 Å². The Morgan fingerprint density at radius 2 is 1.79 bits per heavy atom. The summed E-state index contributed by atoms with van der Waals surface area (Å²) in [4.78, 5) is 26.2. The summed E-state index contributed by atoms with van der Waals surface area (Å²) in [5.74, 6) is -1.27. The molecule has 1 fully saturated rings. The fourth-order valence-electron chi connectivity index (χ4n) is 3.06. The van der Waals surface area contributed by atoms with Gasteiger partial charge in [0, 0.05) is 25.2 Å². The van der Waals surface area contributed by atoms with E-state index in [1.807, 2.05) is 30.3 Å². The van der Waals surface area contributed by atoms with Gasteiger partial charge in [-0.05, 0) is 36.2 Å². The highest BCUT2D eigenvalue weighted by atomic mass is 19.4. The summed E-state index contributed by atoms with van der Waals surface area (Å²) < 4.78 is 40.3. The van der Waals surface area contributed by atoms with Crippen molar-refractivity contribution >= 4 is 17.5 Å². The van der Waals surface area contributed by atoms with E-state index in [9.17, 15) is 22.8 Å². The summed E-state index contributed by atoms with van der Waals surface area (Å²) in [5, 5.41) is 2.63. The van der Waals surface area contributed by atoms with E-state index < -0.39 is 12.3 Å². The Morgan fingerprint density at radius 1 is 1.11 bits per heavy atom. The predicted molar refractivity (Wildman–Crippen MR) is 96.6 cm³/mol. The molecule has 0 radical (unpaired) electrons. The number of amides is 2. The third kappa shape index (κ3) is 5.48. The molecule has 1 atom stereocenters. The van der Waals surface area contributed by atoms with Crippen LogP contribution in [-0.4, -0.2) is 36.2 Å². The molecule has 28 heavy (non-hydrogen) atoms. The molecular weight excluding hydrogens is 373 g/mol. The molecule has 8 heteroatoms. The van der Waals surface area contributed by atoms with Crippen molar-refractivity contribution in [3.63, 3.8) is 0 Å². The second-order valence-electron chi connectivity index (χ2n) is 6.54. The number of rotatable bonds is 6. The summed E-state index contributed by atoms with van der Waals surface area (Å²) in [6.07, 6.45) is -3.93. The van der Waals surface area contributed by atoms with Crippen molar-refractivity contribution < 1.29 is 27.5 Å². The number of alkyl halides is 3. The van der Waals surface area contributed by atoms with Crippen LogP contribution in [0.15, 0.2) is 54.6 Å². The van der Waals surface area contributed by atoms with Gasteiger partial charge in [-0.3, -0.25) is 9.59 Å². The van der Waals surface area contributed by atoms with Crippen LogP contribution in [0.3, 0.4) is 0 Å². The van der Waals surface area contributed by atoms with Gasteiger partial charge in [0.2, 0.25) is 11.8 Å². The molecule has 5 nitrogen and oxygen atoms in total. The number of carbonyl (C=O) groups excluding carboxylic acids is 2. The van der Waals surface area contributed by atoms with Crippen molar-refractivity contribution in [3.05, 3.63) is 60.2 Å². The average Bonchev–Trinajstić information content (AvgIpc) is 3.02. The Hall–Kier alpha value is -3.03. The minimum absolute atomic E-state index is 0.0787. The monoisotopic (exact) mass is 392 g/mol. The van der Waals surface area contributed by atoms with Gasteiger partial charge >= 0.3 is 6.36 Å². The number of ether oxygens (including phenoxy) is 1. The number of nitrogens with one attached hydrogen (secondary N) is 1. The molecule has 2 aromatic rings. The summed E-state index contributed by atoms with van der Waals surface area (Å²) >= 11 is 0. The van der Waals surface area contributed by atoms with Crippen molar-refractivity contribution in [2.45, 2.75) is 19.2 Å². The number of carbonyl (C=O) groups is 2. The number of nitrogens with zero attached hydrogens (tertiary/aromatic N) is 1. The van der Waals surface area contributed by atoms with E-state index >= 15 is 0 Å². The van der Waals surface area contributed by atoms with E-state index in [-0.39, 0.29) is 24.0 Å². The Labute approximate surface area is 160 Å². The highest BCUT2D eigenvalue weighted by Gasteiger charge is 2.34. The number of anilines is 1. The van der Waals surface area contributed by atoms with E-state index in [1.54, 1.807) is 4.90 Å². The van der Waals surface area contributed by atoms with Gasteiger partial charge in [-0.1, -0.05) is 30.3 Å². The third-order valence-electron chi connectivity index (χ3n) is 4.45. The highest BCUT2D eigenvalue weighted by molar-refractivity contribution is 5.97. The summed E-state index contributed by atoms with van der Waals surface area (Å²) in [5.41, 5.74) is 1.46. The van der Waals surface area contributed by atoms with Gasteiger partial charge in [-0.2, -0.15) is 0 Å². The summed E-state index contributed by atoms with van der Waals surface area (Å²) in [6.45, 7) is 0.864. The molecule has 1 aliphatic rings. The summed E-state index contributed by atoms with van der Waals surface area (Å²) in [6, 6.07) is 14.6. The molecule has 1 saturated heterocycles. The zero-order valence-electron chi connectivity index (χ0n) is 14.9. The van der Waals surface area contributed by atoms with E-state index in [4.69, 9.17) is 0 Å². The van der Waals surface area contributed by atoms with Gasteiger partial charge in [0.05, 0.1) is 5.92 Å². The number of likely N-dealkylation sites (tertiary alicyclic amines) is 1. The first-order valence-corrected chi connectivity index (χ1v) is 8.78. The minimum atomic E-state index is -4.77. The van der Waals surface area contributed by atoms with Crippen molar-refractivity contribution in [2.75, 3.05) is 18.4 Å². The molecule has 1 heterocycles. The molecule has 0 aliphatic carbocycles. The van der Waals surface area contributed by atoms with Crippen LogP contribution < -0.4 is 10.1 Å². The van der Waals surface area contributed by atoms with Gasteiger partial charge in [-0.25, -0.2) is 0 Å². The normalized spacial score (nSPS) is 16.9. The quantitative estimate of drug-likeness (QED) is 0.817. The van der Waals surface area contributed by atoms with E-state index in [1.165, 1.54) is 12.1 Å². The van der Waals surface area contributed by atoms with Crippen molar-refractivity contribution in [1.29, 1.82) is 0 Å². The Balaban J connectivity index is 1.51. The third-order valence-corrected chi connectivity index (χ3v) is 4.45. The smallest absolute Gasteiger partial charge is 0.406 e. The Morgan fingerprint density at radius 3 is 2.43 bits per heavy atom. The maximum Gasteiger partial charge on any atom is 0.573 e. The molecule has 2 aromatic carbocycles. The molecule has 3 rings (SSSR count). The zero-order valence-corrected chi connectivity index (χ0v) is 14.9. The number of hydrogen-bond acceptors (Lipinski definition) is 3. The molecule has 0 saturated carbocycles. The predicted octanol–water partition coefficient (Wildman–Crippen LogP) is 3.61. The second kappa shape index (κ2) is 8.33. The lowest BCUT2D eigenvalue weighted by atomic mass is 10.1. The number of benzene rings is 2. The first-order valence-electron chi connectivity index (χ1n) is 8.78. The fraction of sp³-hybridized carbons (Fsp3) is 0.300. The SMILES string of the molecule is O=C(Nc1ccc(OC(F)(F)F)cc1)[C@H]1CC(=O)N(CCc2ccccc2)C1. The molecule has 2 amide bonds. The molecule has 0 spiro atoms. The highest BCUT2D eigenvalue weighted by Crippen LogP contribution is 2.25. The van der Waals surface area contributed by atoms with Crippen LogP contribution in [0.4, 0.5) is 18.9 Å². The molecular formula is C20H19F3N2O3.